The molecule has 0 bridgehead atoms. The van der Waals surface area contributed by atoms with Crippen LogP contribution in [0.25, 0.3) is 0 Å². The van der Waals surface area contributed by atoms with Gasteiger partial charge in [0.15, 0.2) is 0 Å². The van der Waals surface area contributed by atoms with Crippen LogP contribution in [0, 0.1) is 6.92 Å². The van der Waals surface area contributed by atoms with E-state index in [2.05, 4.69) is 29.6 Å². The molecule has 0 heterocycles. The summed E-state index contributed by atoms with van der Waals surface area (Å²) in [4.78, 5) is 12.3. The van der Waals surface area contributed by atoms with Gasteiger partial charge in [-0.1, -0.05) is 30.3 Å². The number of fused-ring (bicyclic) bond motifs is 1. The molecule has 108 valence electrons. The second-order valence-electron chi connectivity index (χ2n) is 5.75. The number of amides is 1. The largest absolute Gasteiger partial charge is 0.398 e. The van der Waals surface area contributed by atoms with E-state index in [0.29, 0.717) is 11.3 Å². The molecule has 1 amide bonds. The Hall–Kier alpha value is -2.29. The first-order valence-corrected chi connectivity index (χ1v) is 7.37. The minimum absolute atomic E-state index is 0.0360. The zero-order chi connectivity index (χ0) is 14.8. The van der Waals surface area contributed by atoms with E-state index in [4.69, 9.17) is 5.73 Å². The number of rotatable bonds is 2. The molecule has 0 radical (unpaired) electrons. The highest BCUT2D eigenvalue weighted by Gasteiger charge is 2.20. The predicted molar refractivity (Wildman–Crippen MR) is 85.3 cm³/mol. The quantitative estimate of drug-likeness (QED) is 0.831. The maximum Gasteiger partial charge on any atom is 0.251 e. The van der Waals surface area contributed by atoms with Gasteiger partial charge in [0.2, 0.25) is 0 Å². The van der Waals surface area contributed by atoms with E-state index in [1.165, 1.54) is 11.1 Å². The molecule has 0 fully saturated rings. The van der Waals surface area contributed by atoms with Crippen LogP contribution in [0.2, 0.25) is 0 Å². The van der Waals surface area contributed by atoms with Gasteiger partial charge in [-0.3, -0.25) is 4.79 Å². The van der Waals surface area contributed by atoms with Gasteiger partial charge in [-0.25, -0.2) is 0 Å². The summed E-state index contributed by atoms with van der Waals surface area (Å²) in [5.41, 5.74) is 10.9. The van der Waals surface area contributed by atoms with Gasteiger partial charge >= 0.3 is 0 Å². The first kappa shape index (κ1) is 13.7. The highest BCUT2D eigenvalue weighted by atomic mass is 16.1. The van der Waals surface area contributed by atoms with Crippen LogP contribution in [-0.4, -0.2) is 11.9 Å². The second kappa shape index (κ2) is 5.60. The Kier molecular flexibility index (Phi) is 3.65. The maximum atomic E-state index is 12.3. The van der Waals surface area contributed by atoms with E-state index in [9.17, 15) is 4.79 Å². The molecule has 0 saturated heterocycles. The lowest BCUT2D eigenvalue weighted by atomic mass is 9.88. The zero-order valence-electron chi connectivity index (χ0n) is 12.2. The number of aryl methyl sites for hydroxylation is 2. The van der Waals surface area contributed by atoms with Crippen LogP contribution in [0.3, 0.4) is 0 Å². The summed E-state index contributed by atoms with van der Waals surface area (Å²) in [6.07, 6.45) is 2.92. The fourth-order valence-corrected chi connectivity index (χ4v) is 2.87. The Morgan fingerprint density at radius 3 is 2.71 bits per heavy atom. The normalized spacial score (nSPS) is 17.1. The minimum atomic E-state index is -0.0360. The molecule has 0 aliphatic heterocycles. The molecular weight excluding hydrogens is 260 g/mol. The fourth-order valence-electron chi connectivity index (χ4n) is 2.87. The third kappa shape index (κ3) is 2.92. The lowest BCUT2D eigenvalue weighted by Crippen LogP contribution is -2.38. The second-order valence-corrected chi connectivity index (χ2v) is 5.75. The van der Waals surface area contributed by atoms with Gasteiger partial charge in [-0.2, -0.15) is 0 Å². The molecule has 0 spiro atoms. The summed E-state index contributed by atoms with van der Waals surface area (Å²) < 4.78 is 0. The summed E-state index contributed by atoms with van der Waals surface area (Å²) >= 11 is 0. The van der Waals surface area contributed by atoms with Crippen molar-refractivity contribution in [3.8, 4) is 0 Å². The fraction of sp³-hybridized carbons (Fsp3) is 0.278. The smallest absolute Gasteiger partial charge is 0.251 e. The Bertz CT molecular complexity index is 679. The molecule has 2 aromatic carbocycles. The standard InChI is InChI=1S/C18H20N2O/c1-12-6-7-15(11-17(12)19)18(21)20-16-9-8-13-4-2-3-5-14(13)10-16/h2-7,11,16H,8-10,19H2,1H3,(H,20,21). The molecular formula is C18H20N2O. The molecule has 0 saturated carbocycles. The van der Waals surface area contributed by atoms with Crippen LogP contribution in [-0.2, 0) is 12.8 Å². The first-order chi connectivity index (χ1) is 10.1. The Balaban J connectivity index is 1.70. The van der Waals surface area contributed by atoms with Crippen molar-refractivity contribution in [2.75, 3.05) is 5.73 Å². The van der Waals surface area contributed by atoms with E-state index in [0.717, 1.165) is 24.8 Å². The van der Waals surface area contributed by atoms with E-state index >= 15 is 0 Å². The van der Waals surface area contributed by atoms with Crippen LogP contribution in [0.4, 0.5) is 5.69 Å². The number of carbonyl (C=O) groups is 1. The van der Waals surface area contributed by atoms with Gasteiger partial charge in [0.1, 0.15) is 0 Å². The van der Waals surface area contributed by atoms with Crippen molar-refractivity contribution in [3.05, 3.63) is 64.7 Å². The Labute approximate surface area is 125 Å². The molecule has 0 aromatic heterocycles. The number of nitrogens with two attached hydrogens (primary N) is 1. The molecule has 1 aliphatic rings. The summed E-state index contributed by atoms with van der Waals surface area (Å²) in [5.74, 6) is -0.0360. The Morgan fingerprint density at radius 1 is 1.19 bits per heavy atom. The van der Waals surface area contributed by atoms with Crippen molar-refractivity contribution in [3.63, 3.8) is 0 Å². The van der Waals surface area contributed by atoms with Gasteiger partial charge in [0.25, 0.3) is 5.91 Å². The van der Waals surface area contributed by atoms with Gasteiger partial charge in [0, 0.05) is 17.3 Å². The molecule has 1 atom stereocenters. The van der Waals surface area contributed by atoms with Crippen LogP contribution in [0.5, 0.6) is 0 Å². The average Bonchev–Trinajstić information content (AvgIpc) is 2.50. The van der Waals surface area contributed by atoms with Gasteiger partial charge in [-0.05, 0) is 55.0 Å². The zero-order valence-corrected chi connectivity index (χ0v) is 12.2. The van der Waals surface area contributed by atoms with Crippen molar-refractivity contribution in [1.82, 2.24) is 5.32 Å². The predicted octanol–water partition coefficient (Wildman–Crippen LogP) is 2.86. The number of nitrogens with one attached hydrogen (secondary N) is 1. The number of anilines is 1. The molecule has 2 aromatic rings. The molecule has 1 unspecified atom stereocenters. The first-order valence-electron chi connectivity index (χ1n) is 7.37. The molecule has 21 heavy (non-hydrogen) atoms. The highest BCUT2D eigenvalue weighted by molar-refractivity contribution is 5.95. The topological polar surface area (TPSA) is 55.1 Å². The van der Waals surface area contributed by atoms with Crippen molar-refractivity contribution in [2.24, 2.45) is 0 Å². The number of hydrogen-bond acceptors (Lipinski definition) is 2. The summed E-state index contributed by atoms with van der Waals surface area (Å²) in [7, 11) is 0. The molecule has 3 heteroatoms. The number of hydrogen-bond donors (Lipinski definition) is 2. The van der Waals surface area contributed by atoms with Crippen molar-refractivity contribution in [2.45, 2.75) is 32.2 Å². The van der Waals surface area contributed by atoms with E-state index in [1.807, 2.05) is 19.1 Å². The minimum Gasteiger partial charge on any atom is -0.398 e. The van der Waals surface area contributed by atoms with Gasteiger partial charge < -0.3 is 11.1 Å². The number of nitrogen functional groups attached to an aromatic ring is 1. The van der Waals surface area contributed by atoms with Crippen LogP contribution >= 0.6 is 0 Å². The van der Waals surface area contributed by atoms with E-state index in [1.54, 1.807) is 6.07 Å². The van der Waals surface area contributed by atoms with Gasteiger partial charge in [0.05, 0.1) is 0 Å². The third-order valence-electron chi connectivity index (χ3n) is 4.22. The van der Waals surface area contributed by atoms with Crippen LogP contribution in [0.1, 0.15) is 33.5 Å². The molecule has 3 nitrogen and oxygen atoms in total. The van der Waals surface area contributed by atoms with Crippen molar-refractivity contribution >= 4 is 11.6 Å². The lowest BCUT2D eigenvalue weighted by molar-refractivity contribution is 0.0933. The highest BCUT2D eigenvalue weighted by Crippen LogP contribution is 2.21. The van der Waals surface area contributed by atoms with Gasteiger partial charge in [-0.15, -0.1) is 0 Å². The van der Waals surface area contributed by atoms with Crippen molar-refractivity contribution in [1.29, 1.82) is 0 Å². The SMILES string of the molecule is Cc1ccc(C(=O)NC2CCc3ccccc3C2)cc1N. The molecule has 3 rings (SSSR count). The lowest BCUT2D eigenvalue weighted by Gasteiger charge is -2.25. The van der Waals surface area contributed by atoms with Crippen LogP contribution < -0.4 is 11.1 Å². The van der Waals surface area contributed by atoms with Crippen LogP contribution in [0.15, 0.2) is 42.5 Å². The summed E-state index contributed by atoms with van der Waals surface area (Å²) in [6, 6.07) is 14.1. The number of benzene rings is 2. The monoisotopic (exact) mass is 280 g/mol. The summed E-state index contributed by atoms with van der Waals surface area (Å²) in [5, 5.41) is 3.13. The third-order valence-corrected chi connectivity index (χ3v) is 4.22. The molecule has 1 aliphatic carbocycles. The number of carbonyl (C=O) groups excluding carboxylic acids is 1. The Morgan fingerprint density at radius 2 is 1.95 bits per heavy atom. The maximum absolute atomic E-state index is 12.3. The average molecular weight is 280 g/mol. The van der Waals surface area contributed by atoms with Crippen molar-refractivity contribution < 1.29 is 4.79 Å². The summed E-state index contributed by atoms with van der Waals surface area (Å²) in [6.45, 7) is 1.94. The van der Waals surface area contributed by atoms with E-state index in [-0.39, 0.29) is 11.9 Å². The molecule has 3 N–H and O–H groups in total. The van der Waals surface area contributed by atoms with E-state index < -0.39 is 0 Å².